The second kappa shape index (κ2) is 6.67. The van der Waals surface area contributed by atoms with Gasteiger partial charge in [-0.25, -0.2) is 0 Å². The van der Waals surface area contributed by atoms with Gasteiger partial charge in [-0.05, 0) is 31.9 Å². The van der Waals surface area contributed by atoms with Gasteiger partial charge >= 0.3 is 0 Å². The van der Waals surface area contributed by atoms with Gasteiger partial charge in [0.15, 0.2) is 0 Å². The molecule has 24 heavy (non-hydrogen) atoms. The molecular weight excluding hydrogens is 324 g/mol. The molecular formula is C18H24N2O3S. The van der Waals surface area contributed by atoms with Crippen LogP contribution in [0.3, 0.4) is 0 Å². The molecule has 3 rings (SSSR count). The SMILES string of the molecule is CCc1ccccc1OC1CN(C(=O)[C@H]2CSC(C)(C)C(=O)N2)C1. The summed E-state index contributed by atoms with van der Waals surface area (Å²) in [5, 5.41) is 2.85. The summed E-state index contributed by atoms with van der Waals surface area (Å²) in [6.07, 6.45) is 0.956. The predicted molar refractivity (Wildman–Crippen MR) is 95.3 cm³/mol. The number of benzene rings is 1. The van der Waals surface area contributed by atoms with E-state index in [4.69, 9.17) is 4.74 Å². The van der Waals surface area contributed by atoms with E-state index in [1.807, 2.05) is 32.0 Å². The Labute approximate surface area is 147 Å². The van der Waals surface area contributed by atoms with Crippen molar-refractivity contribution < 1.29 is 14.3 Å². The zero-order valence-corrected chi connectivity index (χ0v) is 15.2. The molecule has 2 fully saturated rings. The number of para-hydroxylation sites is 1. The van der Waals surface area contributed by atoms with Gasteiger partial charge in [-0.3, -0.25) is 9.59 Å². The summed E-state index contributed by atoms with van der Waals surface area (Å²) in [5.41, 5.74) is 1.18. The molecule has 0 radical (unpaired) electrons. The Morgan fingerprint density at radius 2 is 2.08 bits per heavy atom. The Hall–Kier alpha value is -1.69. The van der Waals surface area contributed by atoms with Crippen LogP contribution in [0.15, 0.2) is 24.3 Å². The summed E-state index contributed by atoms with van der Waals surface area (Å²) in [6.45, 7) is 7.02. The van der Waals surface area contributed by atoms with E-state index in [2.05, 4.69) is 18.3 Å². The number of aryl methyl sites for hydroxylation is 1. The number of amides is 2. The standard InChI is InChI=1S/C18H24N2O3S/c1-4-12-7-5-6-8-15(12)23-13-9-20(10-13)16(21)14-11-24-18(2,3)17(22)19-14/h5-8,13-14H,4,9-11H2,1-3H3,(H,19,22)/t14-/m1/s1. The molecule has 0 spiro atoms. The quantitative estimate of drug-likeness (QED) is 0.902. The Kier molecular flexibility index (Phi) is 4.76. The van der Waals surface area contributed by atoms with E-state index in [1.165, 1.54) is 17.3 Å². The molecule has 0 aliphatic carbocycles. The van der Waals surface area contributed by atoms with Crippen LogP contribution < -0.4 is 10.1 Å². The molecule has 5 nitrogen and oxygen atoms in total. The van der Waals surface area contributed by atoms with Crippen LogP contribution in [-0.4, -0.2) is 52.4 Å². The fourth-order valence-electron chi connectivity index (χ4n) is 2.87. The van der Waals surface area contributed by atoms with Gasteiger partial charge in [0.05, 0.1) is 17.8 Å². The number of hydrogen-bond acceptors (Lipinski definition) is 4. The number of hydrogen-bond donors (Lipinski definition) is 1. The summed E-state index contributed by atoms with van der Waals surface area (Å²) >= 11 is 1.53. The number of ether oxygens (including phenoxy) is 1. The van der Waals surface area contributed by atoms with Crippen molar-refractivity contribution in [3.63, 3.8) is 0 Å². The van der Waals surface area contributed by atoms with Crippen molar-refractivity contribution in [1.82, 2.24) is 10.2 Å². The molecule has 0 aromatic heterocycles. The number of rotatable bonds is 4. The maximum atomic E-state index is 12.5. The number of nitrogens with zero attached hydrogens (tertiary/aromatic N) is 1. The summed E-state index contributed by atoms with van der Waals surface area (Å²) < 4.78 is 5.55. The van der Waals surface area contributed by atoms with Crippen LogP contribution in [0.25, 0.3) is 0 Å². The molecule has 2 saturated heterocycles. The largest absolute Gasteiger partial charge is 0.486 e. The van der Waals surface area contributed by atoms with Crippen LogP contribution in [0, 0.1) is 0 Å². The second-order valence-corrected chi connectivity index (χ2v) is 8.43. The fourth-order valence-corrected chi connectivity index (χ4v) is 3.87. The van der Waals surface area contributed by atoms with E-state index < -0.39 is 10.8 Å². The zero-order valence-electron chi connectivity index (χ0n) is 14.4. The van der Waals surface area contributed by atoms with Gasteiger partial charge in [-0.2, -0.15) is 0 Å². The lowest BCUT2D eigenvalue weighted by atomic mass is 10.1. The first kappa shape index (κ1) is 17.1. The summed E-state index contributed by atoms with van der Waals surface area (Å²) in [4.78, 5) is 26.3. The number of nitrogens with one attached hydrogen (secondary N) is 1. The van der Waals surface area contributed by atoms with E-state index in [0.29, 0.717) is 18.8 Å². The van der Waals surface area contributed by atoms with Gasteiger partial charge < -0.3 is 15.0 Å². The van der Waals surface area contributed by atoms with E-state index >= 15 is 0 Å². The summed E-state index contributed by atoms with van der Waals surface area (Å²) in [6, 6.07) is 7.59. The highest BCUT2D eigenvalue weighted by Crippen LogP contribution is 2.30. The van der Waals surface area contributed by atoms with Gasteiger partial charge in [0, 0.05) is 5.75 Å². The van der Waals surface area contributed by atoms with Crippen LogP contribution in [0.2, 0.25) is 0 Å². The molecule has 0 unspecified atom stereocenters. The third-order valence-electron chi connectivity index (χ3n) is 4.57. The molecule has 6 heteroatoms. The summed E-state index contributed by atoms with van der Waals surface area (Å²) in [5.74, 6) is 1.45. The topological polar surface area (TPSA) is 58.6 Å². The molecule has 2 aliphatic rings. The lowest BCUT2D eigenvalue weighted by molar-refractivity contribution is -0.144. The molecule has 0 saturated carbocycles. The minimum atomic E-state index is -0.457. The van der Waals surface area contributed by atoms with Crippen LogP contribution in [0.1, 0.15) is 26.3 Å². The Bertz CT molecular complexity index is 641. The summed E-state index contributed by atoms with van der Waals surface area (Å²) in [7, 11) is 0. The average molecular weight is 348 g/mol. The van der Waals surface area contributed by atoms with Crippen LogP contribution in [0.5, 0.6) is 5.75 Å². The van der Waals surface area contributed by atoms with Crippen molar-refractivity contribution >= 4 is 23.6 Å². The Morgan fingerprint density at radius 3 is 2.75 bits per heavy atom. The molecule has 1 N–H and O–H groups in total. The van der Waals surface area contributed by atoms with E-state index in [9.17, 15) is 9.59 Å². The van der Waals surface area contributed by atoms with Crippen LogP contribution in [-0.2, 0) is 16.0 Å². The predicted octanol–water partition coefficient (Wildman–Crippen LogP) is 1.85. The van der Waals surface area contributed by atoms with E-state index in [1.54, 1.807) is 4.90 Å². The van der Waals surface area contributed by atoms with E-state index in [-0.39, 0.29) is 17.9 Å². The van der Waals surface area contributed by atoms with Gasteiger partial charge in [0.1, 0.15) is 17.9 Å². The van der Waals surface area contributed by atoms with Gasteiger partial charge in [0.2, 0.25) is 11.8 Å². The maximum absolute atomic E-state index is 12.5. The zero-order chi connectivity index (χ0) is 17.3. The molecule has 1 aromatic carbocycles. The first-order valence-corrected chi connectivity index (χ1v) is 9.37. The monoisotopic (exact) mass is 348 g/mol. The third kappa shape index (κ3) is 3.38. The van der Waals surface area contributed by atoms with Gasteiger partial charge in [-0.1, -0.05) is 25.1 Å². The Balaban J connectivity index is 1.51. The molecule has 1 aromatic rings. The first-order chi connectivity index (χ1) is 11.4. The van der Waals surface area contributed by atoms with E-state index in [0.717, 1.165) is 12.2 Å². The van der Waals surface area contributed by atoms with Crippen molar-refractivity contribution in [2.45, 2.75) is 44.1 Å². The number of thioether (sulfide) groups is 1. The highest BCUT2D eigenvalue weighted by molar-refractivity contribution is 8.01. The maximum Gasteiger partial charge on any atom is 0.246 e. The number of carbonyl (C=O) groups excluding carboxylic acids is 2. The molecule has 1 atom stereocenters. The lowest BCUT2D eigenvalue weighted by Crippen LogP contribution is -2.64. The van der Waals surface area contributed by atoms with Crippen LogP contribution >= 0.6 is 11.8 Å². The minimum absolute atomic E-state index is 0.00465. The lowest BCUT2D eigenvalue weighted by Gasteiger charge is -2.42. The van der Waals surface area contributed by atoms with Crippen molar-refractivity contribution in [2.24, 2.45) is 0 Å². The highest BCUT2D eigenvalue weighted by atomic mass is 32.2. The first-order valence-electron chi connectivity index (χ1n) is 8.39. The Morgan fingerprint density at radius 1 is 1.38 bits per heavy atom. The van der Waals surface area contributed by atoms with Crippen molar-refractivity contribution in [1.29, 1.82) is 0 Å². The molecule has 0 bridgehead atoms. The van der Waals surface area contributed by atoms with Gasteiger partial charge in [0.25, 0.3) is 0 Å². The fraction of sp³-hybridized carbons (Fsp3) is 0.556. The normalized spacial score (nSPS) is 23.4. The molecule has 2 heterocycles. The van der Waals surface area contributed by atoms with Gasteiger partial charge in [-0.15, -0.1) is 11.8 Å². The molecule has 130 valence electrons. The smallest absolute Gasteiger partial charge is 0.246 e. The van der Waals surface area contributed by atoms with Crippen LogP contribution in [0.4, 0.5) is 0 Å². The highest BCUT2D eigenvalue weighted by Gasteiger charge is 2.42. The van der Waals surface area contributed by atoms with Crippen molar-refractivity contribution in [3.8, 4) is 5.75 Å². The molecule has 2 aliphatic heterocycles. The van der Waals surface area contributed by atoms with Crippen molar-refractivity contribution in [2.75, 3.05) is 18.8 Å². The second-order valence-electron chi connectivity index (χ2n) is 6.79. The van der Waals surface area contributed by atoms with Crippen molar-refractivity contribution in [3.05, 3.63) is 29.8 Å². The number of likely N-dealkylation sites (tertiary alicyclic amines) is 1. The minimum Gasteiger partial charge on any atom is -0.486 e. The molecule has 2 amide bonds. The number of carbonyl (C=O) groups is 2. The average Bonchev–Trinajstić information content (AvgIpc) is 2.53. The third-order valence-corrected chi connectivity index (χ3v) is 5.98.